The topological polar surface area (TPSA) is 68.4 Å². The molecule has 0 unspecified atom stereocenters. The van der Waals surface area contributed by atoms with Gasteiger partial charge in [-0.3, -0.25) is 14.0 Å². The fraction of sp³-hybridized carbons (Fsp3) is 0.190. The molecule has 8 heteroatoms. The second-order valence-corrected chi connectivity index (χ2v) is 7.24. The van der Waals surface area contributed by atoms with E-state index in [1.807, 2.05) is 12.1 Å². The molecule has 29 heavy (non-hydrogen) atoms. The van der Waals surface area contributed by atoms with Crippen molar-refractivity contribution in [1.29, 1.82) is 0 Å². The van der Waals surface area contributed by atoms with E-state index < -0.39 is 5.56 Å². The third-order valence-corrected chi connectivity index (χ3v) is 5.00. The lowest BCUT2D eigenvalue weighted by molar-refractivity contribution is -0.121. The van der Waals surface area contributed by atoms with Crippen molar-refractivity contribution in [2.24, 2.45) is 0 Å². The number of amides is 1. The van der Waals surface area contributed by atoms with E-state index in [1.165, 1.54) is 12.1 Å². The molecule has 1 N–H and O–H groups in total. The number of fused-ring (bicyclic) bond motifs is 3. The summed E-state index contributed by atoms with van der Waals surface area (Å²) in [6, 6.07) is 13.3. The first-order chi connectivity index (χ1) is 13.9. The number of nitrogens with one attached hydrogen (secondary N) is 1. The molecule has 1 amide bonds. The monoisotopic (exact) mass is 412 g/mol. The number of nitrogens with zero attached hydrogens (tertiary/aromatic N) is 3. The van der Waals surface area contributed by atoms with Gasteiger partial charge in [0, 0.05) is 17.0 Å². The molecule has 0 bridgehead atoms. The summed E-state index contributed by atoms with van der Waals surface area (Å²) >= 11 is 5.86. The van der Waals surface area contributed by atoms with Crippen LogP contribution in [0.15, 0.2) is 53.3 Å². The molecule has 0 fully saturated rings. The Kier molecular flexibility index (Phi) is 5.07. The van der Waals surface area contributed by atoms with Crippen molar-refractivity contribution < 1.29 is 9.18 Å². The van der Waals surface area contributed by atoms with Crippen molar-refractivity contribution in [3.63, 3.8) is 0 Å². The third-order valence-electron chi connectivity index (χ3n) is 4.75. The Balaban J connectivity index is 1.52. The Morgan fingerprint density at radius 3 is 2.66 bits per heavy atom. The van der Waals surface area contributed by atoms with E-state index in [2.05, 4.69) is 10.4 Å². The molecule has 4 aromatic rings. The maximum absolute atomic E-state index is 13.5. The average molecular weight is 413 g/mol. The van der Waals surface area contributed by atoms with E-state index in [0.717, 1.165) is 10.2 Å². The van der Waals surface area contributed by atoms with Gasteiger partial charge in [0.15, 0.2) is 0 Å². The molecular formula is C21H18ClFN4O2. The van der Waals surface area contributed by atoms with Gasteiger partial charge in [-0.05, 0) is 55.3 Å². The maximum atomic E-state index is 13.5. The van der Waals surface area contributed by atoms with Crippen LogP contribution >= 0.6 is 11.6 Å². The van der Waals surface area contributed by atoms with E-state index in [-0.39, 0.29) is 18.3 Å². The highest BCUT2D eigenvalue weighted by Crippen LogP contribution is 2.20. The highest BCUT2D eigenvalue weighted by molar-refractivity contribution is 6.30. The molecule has 0 spiro atoms. The Morgan fingerprint density at radius 2 is 1.90 bits per heavy atom. The number of hydrogen-bond donors (Lipinski definition) is 1. The van der Waals surface area contributed by atoms with Crippen molar-refractivity contribution in [2.45, 2.75) is 19.9 Å². The van der Waals surface area contributed by atoms with Crippen LogP contribution in [0.4, 0.5) is 4.39 Å². The first-order valence-electron chi connectivity index (χ1n) is 9.12. The van der Waals surface area contributed by atoms with Crippen LogP contribution < -0.4 is 10.9 Å². The van der Waals surface area contributed by atoms with Crippen LogP contribution in [0.1, 0.15) is 11.4 Å². The summed E-state index contributed by atoms with van der Waals surface area (Å²) in [6.45, 7) is 1.99. The molecule has 0 atom stereocenters. The highest BCUT2D eigenvalue weighted by Gasteiger charge is 2.14. The summed E-state index contributed by atoms with van der Waals surface area (Å²) < 4.78 is 16.3. The van der Waals surface area contributed by atoms with E-state index in [0.29, 0.717) is 40.2 Å². The predicted molar refractivity (Wildman–Crippen MR) is 110 cm³/mol. The Morgan fingerprint density at radius 1 is 1.14 bits per heavy atom. The second-order valence-electron chi connectivity index (χ2n) is 6.80. The molecule has 0 aliphatic rings. The molecule has 0 saturated heterocycles. The standard InChI is InChI=1S/C21H18ClFN4O2/c1-13-25-26(12-20(28)24-9-8-14-2-4-16(22)5-3-14)21(29)19-11-15-10-17(23)6-7-18(15)27(13)19/h2-7,10-11H,8-9,12H2,1H3,(H,24,28). The Labute approximate surface area is 170 Å². The van der Waals surface area contributed by atoms with Crippen LogP contribution in [0.25, 0.3) is 16.4 Å². The molecule has 2 heterocycles. The van der Waals surface area contributed by atoms with Crippen molar-refractivity contribution in [3.05, 3.63) is 81.1 Å². The van der Waals surface area contributed by atoms with Crippen LogP contribution in [-0.2, 0) is 17.8 Å². The highest BCUT2D eigenvalue weighted by atomic mass is 35.5. The molecule has 0 aliphatic carbocycles. The summed E-state index contributed by atoms with van der Waals surface area (Å²) in [6.07, 6.45) is 0.652. The molecule has 148 valence electrons. The van der Waals surface area contributed by atoms with E-state index in [1.54, 1.807) is 35.6 Å². The normalized spacial score (nSPS) is 11.3. The van der Waals surface area contributed by atoms with Crippen LogP contribution in [-0.4, -0.2) is 26.6 Å². The number of aromatic nitrogens is 3. The Bertz CT molecular complexity index is 1280. The number of benzene rings is 2. The molecule has 0 radical (unpaired) electrons. The lowest BCUT2D eigenvalue weighted by Crippen LogP contribution is -2.35. The van der Waals surface area contributed by atoms with Crippen molar-refractivity contribution >= 4 is 33.9 Å². The van der Waals surface area contributed by atoms with Gasteiger partial charge >= 0.3 is 0 Å². The minimum atomic E-state index is -0.403. The van der Waals surface area contributed by atoms with E-state index in [9.17, 15) is 14.0 Å². The molecule has 4 rings (SSSR count). The van der Waals surface area contributed by atoms with E-state index in [4.69, 9.17) is 11.6 Å². The lowest BCUT2D eigenvalue weighted by Gasteiger charge is -2.09. The fourth-order valence-corrected chi connectivity index (χ4v) is 3.51. The van der Waals surface area contributed by atoms with Gasteiger partial charge in [-0.1, -0.05) is 23.7 Å². The van der Waals surface area contributed by atoms with Crippen LogP contribution in [0, 0.1) is 12.7 Å². The first kappa shape index (κ1) is 19.1. The minimum Gasteiger partial charge on any atom is -0.354 e. The minimum absolute atomic E-state index is 0.188. The van der Waals surface area contributed by atoms with Crippen LogP contribution in [0.3, 0.4) is 0 Å². The number of rotatable bonds is 5. The summed E-state index contributed by atoms with van der Waals surface area (Å²) in [4.78, 5) is 25.1. The van der Waals surface area contributed by atoms with Gasteiger partial charge in [0.2, 0.25) is 5.91 Å². The SMILES string of the molecule is Cc1nn(CC(=O)NCCc2ccc(Cl)cc2)c(=O)c2cc3cc(F)ccc3n12. The lowest BCUT2D eigenvalue weighted by atomic mass is 10.1. The zero-order valence-electron chi connectivity index (χ0n) is 15.7. The largest absolute Gasteiger partial charge is 0.354 e. The van der Waals surface area contributed by atoms with Gasteiger partial charge in [0.25, 0.3) is 5.56 Å². The molecule has 2 aromatic carbocycles. The van der Waals surface area contributed by atoms with E-state index >= 15 is 0 Å². The summed E-state index contributed by atoms with van der Waals surface area (Å²) in [7, 11) is 0. The van der Waals surface area contributed by atoms with Gasteiger partial charge in [0.1, 0.15) is 23.7 Å². The fourth-order valence-electron chi connectivity index (χ4n) is 3.39. The van der Waals surface area contributed by atoms with Crippen molar-refractivity contribution in [3.8, 4) is 0 Å². The number of carbonyl (C=O) groups excluding carboxylic acids is 1. The molecule has 6 nitrogen and oxygen atoms in total. The number of carbonyl (C=O) groups is 1. The number of aryl methyl sites for hydroxylation is 1. The molecule has 0 aliphatic heterocycles. The van der Waals surface area contributed by atoms with Gasteiger partial charge in [-0.2, -0.15) is 5.10 Å². The predicted octanol–water partition coefficient (Wildman–Crippen LogP) is 3.11. The number of hydrogen-bond acceptors (Lipinski definition) is 3. The van der Waals surface area contributed by atoms with Crippen molar-refractivity contribution in [1.82, 2.24) is 19.5 Å². The zero-order chi connectivity index (χ0) is 20.5. The maximum Gasteiger partial charge on any atom is 0.291 e. The first-order valence-corrected chi connectivity index (χ1v) is 9.50. The van der Waals surface area contributed by atoms with Gasteiger partial charge in [-0.15, -0.1) is 0 Å². The Hall–Kier alpha value is -3.19. The second kappa shape index (κ2) is 7.67. The summed E-state index contributed by atoms with van der Waals surface area (Å²) in [5.41, 5.74) is 1.70. The molecular weight excluding hydrogens is 395 g/mol. The summed E-state index contributed by atoms with van der Waals surface area (Å²) in [5, 5.41) is 8.32. The average Bonchev–Trinajstić information content (AvgIpc) is 3.06. The van der Waals surface area contributed by atoms with Gasteiger partial charge in [-0.25, -0.2) is 9.07 Å². The number of halogens is 2. The van der Waals surface area contributed by atoms with Gasteiger partial charge in [0.05, 0.1) is 5.52 Å². The smallest absolute Gasteiger partial charge is 0.291 e. The van der Waals surface area contributed by atoms with Crippen LogP contribution in [0.5, 0.6) is 0 Å². The third kappa shape index (κ3) is 3.86. The van der Waals surface area contributed by atoms with Crippen molar-refractivity contribution in [2.75, 3.05) is 6.54 Å². The summed E-state index contributed by atoms with van der Waals surface area (Å²) in [5.74, 6) is -0.144. The molecule has 2 aromatic heterocycles. The quantitative estimate of drug-likeness (QED) is 0.547. The zero-order valence-corrected chi connectivity index (χ0v) is 16.4. The van der Waals surface area contributed by atoms with Gasteiger partial charge < -0.3 is 5.32 Å². The van der Waals surface area contributed by atoms with Crippen LogP contribution in [0.2, 0.25) is 5.02 Å². The molecule has 0 saturated carbocycles.